The van der Waals surface area contributed by atoms with Crippen molar-refractivity contribution in [2.75, 3.05) is 25.6 Å². The number of hydrogen-bond donors (Lipinski definition) is 1. The van der Waals surface area contributed by atoms with Gasteiger partial charge in [-0.1, -0.05) is 31.5 Å². The third kappa shape index (κ3) is 5.91. The Morgan fingerprint density at radius 1 is 1.24 bits per heavy atom. The first kappa shape index (κ1) is 14.3. The molecular weight excluding hydrogens is 238 g/mol. The second kappa shape index (κ2) is 7.54. The Morgan fingerprint density at radius 2 is 1.94 bits per heavy atom. The van der Waals surface area contributed by atoms with Crippen LogP contribution in [0.2, 0.25) is 5.02 Å². The van der Waals surface area contributed by atoms with Gasteiger partial charge in [0.15, 0.2) is 0 Å². The predicted molar refractivity (Wildman–Crippen MR) is 71.2 cm³/mol. The summed E-state index contributed by atoms with van der Waals surface area (Å²) in [4.78, 5) is 0. The van der Waals surface area contributed by atoms with Crippen LogP contribution >= 0.6 is 11.6 Å². The van der Waals surface area contributed by atoms with Gasteiger partial charge in [0.2, 0.25) is 0 Å². The lowest BCUT2D eigenvalue weighted by Gasteiger charge is -2.09. The Labute approximate surface area is 108 Å². The third-order valence-electron chi connectivity index (χ3n) is 2.19. The molecule has 0 aromatic heterocycles. The molecule has 0 unspecified atom stereocenters. The first-order valence-corrected chi connectivity index (χ1v) is 6.16. The van der Waals surface area contributed by atoms with E-state index in [0.717, 1.165) is 12.2 Å². The summed E-state index contributed by atoms with van der Waals surface area (Å²) in [5.74, 6) is 0.557. The van der Waals surface area contributed by atoms with Crippen molar-refractivity contribution in [2.24, 2.45) is 5.92 Å². The molecule has 2 N–H and O–H groups in total. The van der Waals surface area contributed by atoms with E-state index >= 15 is 0 Å². The van der Waals surface area contributed by atoms with Crippen LogP contribution in [0, 0.1) is 5.92 Å². The molecule has 0 spiro atoms. The van der Waals surface area contributed by atoms with Crippen molar-refractivity contribution >= 4 is 17.3 Å². The summed E-state index contributed by atoms with van der Waals surface area (Å²) < 4.78 is 10.9. The van der Waals surface area contributed by atoms with Crippen LogP contribution in [0.1, 0.15) is 19.4 Å². The third-order valence-corrected chi connectivity index (χ3v) is 2.42. The number of halogens is 1. The highest BCUT2D eigenvalue weighted by Gasteiger charge is 2.00. The first-order chi connectivity index (χ1) is 8.09. The summed E-state index contributed by atoms with van der Waals surface area (Å²) >= 11 is 5.81. The van der Waals surface area contributed by atoms with Crippen molar-refractivity contribution in [3.8, 4) is 0 Å². The van der Waals surface area contributed by atoms with Crippen molar-refractivity contribution in [1.82, 2.24) is 0 Å². The van der Waals surface area contributed by atoms with Crippen LogP contribution in [0.25, 0.3) is 0 Å². The second-order valence-corrected chi connectivity index (χ2v) is 4.80. The molecule has 4 heteroatoms. The van der Waals surface area contributed by atoms with Gasteiger partial charge < -0.3 is 15.2 Å². The standard InChI is InChI=1S/C13H20ClNO2/c1-10(2)8-16-5-6-17-9-11-3-4-12(14)7-13(11)15/h3-4,7,10H,5-6,8-9,15H2,1-2H3. The van der Waals surface area contributed by atoms with Crippen LogP contribution in [0.5, 0.6) is 0 Å². The van der Waals surface area contributed by atoms with Crippen molar-refractivity contribution in [1.29, 1.82) is 0 Å². The van der Waals surface area contributed by atoms with E-state index in [-0.39, 0.29) is 0 Å². The zero-order chi connectivity index (χ0) is 12.7. The van der Waals surface area contributed by atoms with E-state index in [0.29, 0.717) is 36.4 Å². The molecule has 0 saturated carbocycles. The fourth-order valence-corrected chi connectivity index (χ4v) is 1.50. The monoisotopic (exact) mass is 257 g/mol. The van der Waals surface area contributed by atoms with Crippen molar-refractivity contribution in [2.45, 2.75) is 20.5 Å². The van der Waals surface area contributed by atoms with Gasteiger partial charge in [0.1, 0.15) is 0 Å². The van der Waals surface area contributed by atoms with Gasteiger partial charge in [-0.2, -0.15) is 0 Å². The summed E-state index contributed by atoms with van der Waals surface area (Å²) in [5.41, 5.74) is 7.43. The van der Waals surface area contributed by atoms with E-state index in [4.69, 9.17) is 26.8 Å². The smallest absolute Gasteiger partial charge is 0.0738 e. The molecule has 0 radical (unpaired) electrons. The highest BCUT2D eigenvalue weighted by molar-refractivity contribution is 6.30. The summed E-state index contributed by atoms with van der Waals surface area (Å²) in [6, 6.07) is 5.42. The predicted octanol–water partition coefficient (Wildman–Crippen LogP) is 3.11. The lowest BCUT2D eigenvalue weighted by atomic mass is 10.2. The topological polar surface area (TPSA) is 44.5 Å². The maximum absolute atomic E-state index is 5.81. The fraction of sp³-hybridized carbons (Fsp3) is 0.538. The molecule has 0 saturated heterocycles. The van der Waals surface area contributed by atoms with Gasteiger partial charge in [-0.15, -0.1) is 0 Å². The average molecular weight is 258 g/mol. The van der Waals surface area contributed by atoms with Gasteiger partial charge in [0, 0.05) is 22.9 Å². The lowest BCUT2D eigenvalue weighted by molar-refractivity contribution is 0.0316. The first-order valence-electron chi connectivity index (χ1n) is 5.79. The molecule has 0 fully saturated rings. The van der Waals surface area contributed by atoms with Crippen molar-refractivity contribution in [3.05, 3.63) is 28.8 Å². The molecule has 1 rings (SSSR count). The highest BCUT2D eigenvalue weighted by Crippen LogP contribution is 2.18. The minimum Gasteiger partial charge on any atom is -0.398 e. The van der Waals surface area contributed by atoms with E-state index in [2.05, 4.69) is 13.8 Å². The van der Waals surface area contributed by atoms with Gasteiger partial charge in [0.25, 0.3) is 0 Å². The number of anilines is 1. The summed E-state index contributed by atoms with van der Waals surface area (Å²) in [5, 5.41) is 0.645. The summed E-state index contributed by atoms with van der Waals surface area (Å²) in [6.45, 7) is 6.70. The number of ether oxygens (including phenoxy) is 2. The highest BCUT2D eigenvalue weighted by atomic mass is 35.5. The van der Waals surface area contributed by atoms with Gasteiger partial charge in [-0.05, 0) is 18.1 Å². The summed E-state index contributed by atoms with van der Waals surface area (Å²) in [6.07, 6.45) is 0. The number of nitrogens with two attached hydrogens (primary N) is 1. The van der Waals surface area contributed by atoms with Crippen LogP contribution in [0.3, 0.4) is 0 Å². The van der Waals surface area contributed by atoms with Crippen LogP contribution in [-0.4, -0.2) is 19.8 Å². The van der Waals surface area contributed by atoms with Gasteiger partial charge in [-0.25, -0.2) is 0 Å². The minimum absolute atomic E-state index is 0.494. The molecule has 1 aromatic rings. The zero-order valence-electron chi connectivity index (χ0n) is 10.4. The molecular formula is C13H20ClNO2. The van der Waals surface area contributed by atoms with E-state index in [1.54, 1.807) is 6.07 Å². The normalized spacial score (nSPS) is 11.1. The fourth-order valence-electron chi connectivity index (χ4n) is 1.32. The molecule has 0 aliphatic carbocycles. The van der Waals surface area contributed by atoms with Crippen molar-refractivity contribution < 1.29 is 9.47 Å². The van der Waals surface area contributed by atoms with E-state index < -0.39 is 0 Å². The molecule has 96 valence electrons. The molecule has 0 amide bonds. The average Bonchev–Trinajstić information content (AvgIpc) is 2.25. The molecule has 1 aromatic carbocycles. The molecule has 3 nitrogen and oxygen atoms in total. The molecule has 0 heterocycles. The minimum atomic E-state index is 0.494. The van der Waals surface area contributed by atoms with Crippen LogP contribution in [-0.2, 0) is 16.1 Å². The van der Waals surface area contributed by atoms with Crippen LogP contribution < -0.4 is 5.73 Å². The van der Waals surface area contributed by atoms with Gasteiger partial charge in [-0.3, -0.25) is 0 Å². The largest absolute Gasteiger partial charge is 0.398 e. The Kier molecular flexibility index (Phi) is 6.34. The molecule has 0 atom stereocenters. The second-order valence-electron chi connectivity index (χ2n) is 4.36. The lowest BCUT2D eigenvalue weighted by Crippen LogP contribution is -2.09. The Bertz CT molecular complexity index is 342. The van der Waals surface area contributed by atoms with E-state index in [9.17, 15) is 0 Å². The Balaban J connectivity index is 2.18. The van der Waals surface area contributed by atoms with Crippen LogP contribution in [0.15, 0.2) is 18.2 Å². The van der Waals surface area contributed by atoms with E-state index in [1.165, 1.54) is 0 Å². The maximum Gasteiger partial charge on any atom is 0.0738 e. The number of nitrogen functional groups attached to an aromatic ring is 1. The van der Waals surface area contributed by atoms with E-state index in [1.807, 2.05) is 12.1 Å². The molecule has 0 bridgehead atoms. The van der Waals surface area contributed by atoms with Crippen molar-refractivity contribution in [3.63, 3.8) is 0 Å². The van der Waals surface area contributed by atoms with Crippen LogP contribution in [0.4, 0.5) is 5.69 Å². The molecule has 17 heavy (non-hydrogen) atoms. The Morgan fingerprint density at radius 3 is 2.59 bits per heavy atom. The number of hydrogen-bond acceptors (Lipinski definition) is 3. The quantitative estimate of drug-likeness (QED) is 0.603. The zero-order valence-corrected chi connectivity index (χ0v) is 11.2. The Hall–Kier alpha value is -0.770. The molecule has 0 aliphatic rings. The van der Waals surface area contributed by atoms with Gasteiger partial charge in [0.05, 0.1) is 19.8 Å². The van der Waals surface area contributed by atoms with Gasteiger partial charge >= 0.3 is 0 Å². The number of rotatable bonds is 7. The summed E-state index contributed by atoms with van der Waals surface area (Å²) in [7, 11) is 0. The number of benzene rings is 1. The SMILES string of the molecule is CC(C)COCCOCc1ccc(Cl)cc1N. The molecule has 0 aliphatic heterocycles. The maximum atomic E-state index is 5.81.